The molecule has 220 valence electrons. The number of hydrogen-bond donors (Lipinski definition) is 6. The molecule has 10 atom stereocenters. The van der Waals surface area contributed by atoms with Crippen molar-refractivity contribution in [2.45, 2.75) is 109 Å². The first-order valence-corrected chi connectivity index (χ1v) is 11.7. The van der Waals surface area contributed by atoms with Crippen molar-refractivity contribution >= 4 is 16.8 Å². The van der Waals surface area contributed by atoms with E-state index in [4.69, 9.17) is 44.5 Å². The van der Waals surface area contributed by atoms with Gasteiger partial charge in [0, 0.05) is 6.92 Å². The number of hydrogen-bond acceptors (Lipinski definition) is 12. The second kappa shape index (κ2) is 18.3. The minimum atomic E-state index is -1.43. The minimum absolute atomic E-state index is 0. The predicted octanol–water partition coefficient (Wildman–Crippen LogP) is 0.194. The molecule has 0 aromatic rings. The van der Waals surface area contributed by atoms with E-state index < -0.39 is 61.1 Å². The van der Waals surface area contributed by atoms with Gasteiger partial charge in [0.1, 0.15) is 36.6 Å². The maximum atomic E-state index is 10.0. The summed E-state index contributed by atoms with van der Waals surface area (Å²) in [7, 11) is 0. The number of fused-ring (bicyclic) bond motifs is 1. The standard InChI is InChI=1S/C12H20O5.C6H12O5.C3H6O.C2H3ClO.CH4/c1-5-6-14-11-10-9(8(13)7(2)15-11)16-12(3,4)17-10;1-2-3(7)4(8)5(9)6(10)11-2;1-2-3-4;1-2(3)4;/h5,7-11,13H,1,6H2,2-4H3;2-10H,1H3;2,4H,1,3H2;1H3;1H4/t7?,8-,9?,10?,11+;2?,3-,4?,5?,6+;;;/m00.../s1. The molecule has 0 saturated carbocycles. The van der Waals surface area contributed by atoms with Gasteiger partial charge in [0.2, 0.25) is 5.24 Å². The maximum Gasteiger partial charge on any atom is 0.218 e. The molecule has 3 rings (SSSR count). The lowest BCUT2D eigenvalue weighted by Gasteiger charge is -2.38. The van der Waals surface area contributed by atoms with Crippen molar-refractivity contribution in [3.05, 3.63) is 25.3 Å². The zero-order chi connectivity index (χ0) is 28.2. The summed E-state index contributed by atoms with van der Waals surface area (Å²) in [6.07, 6.45) is -5.31. The average molecular weight is 561 g/mol. The molecule has 3 heterocycles. The molecular formula is C24H45ClO12. The number of carbonyl (C=O) groups is 1. The third kappa shape index (κ3) is 13.1. The highest BCUT2D eigenvalue weighted by molar-refractivity contribution is 6.62. The summed E-state index contributed by atoms with van der Waals surface area (Å²) in [6.45, 7) is 15.5. The van der Waals surface area contributed by atoms with Crippen LogP contribution in [0.1, 0.15) is 42.0 Å². The Morgan fingerprint density at radius 3 is 1.84 bits per heavy atom. The van der Waals surface area contributed by atoms with Crippen LogP contribution in [0.4, 0.5) is 0 Å². The summed E-state index contributed by atoms with van der Waals surface area (Å²) in [6, 6.07) is 0. The van der Waals surface area contributed by atoms with E-state index in [1.807, 2.05) is 13.8 Å². The Bertz CT molecular complexity index is 646. The normalized spacial score (nSPS) is 37.4. The zero-order valence-electron chi connectivity index (χ0n) is 21.3. The van der Waals surface area contributed by atoms with Gasteiger partial charge < -0.3 is 54.3 Å². The quantitative estimate of drug-likeness (QED) is 0.203. The lowest BCUT2D eigenvalue weighted by molar-refractivity contribution is -0.277. The molecule has 6 unspecified atom stereocenters. The molecule has 13 heteroatoms. The summed E-state index contributed by atoms with van der Waals surface area (Å²) in [5.74, 6) is -0.723. The number of ether oxygens (including phenoxy) is 5. The first kappa shape index (κ1) is 38.1. The summed E-state index contributed by atoms with van der Waals surface area (Å²) in [5.41, 5.74) is 0. The van der Waals surface area contributed by atoms with Crippen LogP contribution in [0.15, 0.2) is 25.3 Å². The summed E-state index contributed by atoms with van der Waals surface area (Å²) in [5, 5.41) is 53.4. The van der Waals surface area contributed by atoms with Crippen LogP contribution in [-0.2, 0) is 28.5 Å². The SMILES string of the molecule is C.C=CCO.C=CCO[C@@H]1OC(C)[C@H](O)C2OC(C)(C)OC21.CC(=O)Cl.CC1O[C@@H](O)C(O)C(O)[C@H]1O. The largest absolute Gasteiger partial charge is 0.392 e. The number of aliphatic hydroxyl groups excluding tert-OH is 6. The fourth-order valence-electron chi connectivity index (χ4n) is 3.25. The molecule has 3 fully saturated rings. The molecule has 3 saturated heterocycles. The first-order chi connectivity index (χ1) is 16.6. The molecule has 3 aliphatic rings. The summed E-state index contributed by atoms with van der Waals surface area (Å²) >= 11 is 4.64. The third-order valence-corrected chi connectivity index (χ3v) is 4.93. The molecule has 3 aliphatic heterocycles. The highest BCUT2D eigenvalue weighted by atomic mass is 35.5. The van der Waals surface area contributed by atoms with Crippen LogP contribution in [0.3, 0.4) is 0 Å². The van der Waals surface area contributed by atoms with Crippen molar-refractivity contribution in [1.82, 2.24) is 0 Å². The summed E-state index contributed by atoms with van der Waals surface area (Å²) in [4.78, 5) is 9.21. The Labute approximate surface area is 224 Å². The van der Waals surface area contributed by atoms with Crippen LogP contribution in [0.2, 0.25) is 0 Å². The molecule has 12 nitrogen and oxygen atoms in total. The Morgan fingerprint density at radius 1 is 0.919 bits per heavy atom. The van der Waals surface area contributed by atoms with E-state index in [-0.39, 0.29) is 25.4 Å². The van der Waals surface area contributed by atoms with E-state index in [9.17, 15) is 9.90 Å². The van der Waals surface area contributed by atoms with Gasteiger partial charge in [-0.05, 0) is 39.3 Å². The Balaban J connectivity index is 0. The van der Waals surface area contributed by atoms with Crippen molar-refractivity contribution in [1.29, 1.82) is 0 Å². The van der Waals surface area contributed by atoms with Crippen molar-refractivity contribution in [2.24, 2.45) is 0 Å². The van der Waals surface area contributed by atoms with Gasteiger partial charge in [-0.15, -0.1) is 13.2 Å². The van der Waals surface area contributed by atoms with Crippen molar-refractivity contribution < 1.29 is 59.1 Å². The van der Waals surface area contributed by atoms with Gasteiger partial charge in [0.05, 0.1) is 25.4 Å². The molecule has 37 heavy (non-hydrogen) atoms. The Hall–Kier alpha value is -1.00. The van der Waals surface area contributed by atoms with Gasteiger partial charge in [-0.2, -0.15) is 0 Å². The number of aliphatic hydroxyl groups is 6. The molecule has 0 aromatic heterocycles. The van der Waals surface area contributed by atoms with E-state index in [1.54, 1.807) is 13.0 Å². The number of carbonyl (C=O) groups excluding carboxylic acids is 1. The van der Waals surface area contributed by atoms with Crippen molar-refractivity contribution in [3.8, 4) is 0 Å². The molecule has 0 aromatic carbocycles. The fraction of sp³-hybridized carbons (Fsp3) is 0.792. The maximum absolute atomic E-state index is 10.0. The van der Waals surface area contributed by atoms with Gasteiger partial charge in [-0.3, -0.25) is 4.79 Å². The summed E-state index contributed by atoms with van der Waals surface area (Å²) < 4.78 is 27.2. The second-order valence-electron chi connectivity index (χ2n) is 8.53. The van der Waals surface area contributed by atoms with E-state index in [2.05, 4.69) is 29.5 Å². The molecule has 6 N–H and O–H groups in total. The van der Waals surface area contributed by atoms with Crippen LogP contribution in [-0.4, -0.2) is 116 Å². The highest BCUT2D eigenvalue weighted by Gasteiger charge is 2.54. The van der Waals surface area contributed by atoms with Crippen molar-refractivity contribution in [2.75, 3.05) is 13.2 Å². The predicted molar refractivity (Wildman–Crippen MR) is 135 cm³/mol. The van der Waals surface area contributed by atoms with E-state index in [0.29, 0.717) is 6.61 Å². The Kier molecular flexibility index (Phi) is 18.9. The highest BCUT2D eigenvalue weighted by Crippen LogP contribution is 2.37. The van der Waals surface area contributed by atoms with Crippen LogP contribution >= 0.6 is 11.6 Å². The molecule has 0 bridgehead atoms. The van der Waals surface area contributed by atoms with Crippen LogP contribution < -0.4 is 0 Å². The second-order valence-corrected chi connectivity index (χ2v) is 9.06. The van der Waals surface area contributed by atoms with E-state index in [1.165, 1.54) is 19.9 Å². The topological polar surface area (TPSA) is 185 Å². The first-order valence-electron chi connectivity index (χ1n) is 11.3. The smallest absolute Gasteiger partial charge is 0.218 e. The lowest BCUT2D eigenvalue weighted by atomic mass is 10.0. The van der Waals surface area contributed by atoms with Gasteiger partial charge in [-0.1, -0.05) is 19.6 Å². The van der Waals surface area contributed by atoms with Gasteiger partial charge in [0.15, 0.2) is 18.4 Å². The fourth-order valence-corrected chi connectivity index (χ4v) is 3.25. The number of rotatable bonds is 4. The minimum Gasteiger partial charge on any atom is -0.392 e. The molecule has 0 radical (unpaired) electrons. The molecular weight excluding hydrogens is 516 g/mol. The van der Waals surface area contributed by atoms with Crippen LogP contribution in [0.25, 0.3) is 0 Å². The van der Waals surface area contributed by atoms with E-state index >= 15 is 0 Å². The van der Waals surface area contributed by atoms with Crippen molar-refractivity contribution in [3.63, 3.8) is 0 Å². The monoisotopic (exact) mass is 560 g/mol. The average Bonchev–Trinajstić information content (AvgIpc) is 3.13. The zero-order valence-corrected chi connectivity index (χ0v) is 22.0. The molecule has 0 aliphatic carbocycles. The molecule has 0 spiro atoms. The molecule has 0 amide bonds. The van der Waals surface area contributed by atoms with Gasteiger partial charge >= 0.3 is 0 Å². The third-order valence-electron chi connectivity index (χ3n) is 4.93. The van der Waals surface area contributed by atoms with Crippen LogP contribution in [0, 0.1) is 0 Å². The van der Waals surface area contributed by atoms with Gasteiger partial charge in [0.25, 0.3) is 0 Å². The lowest BCUT2D eigenvalue weighted by Crippen LogP contribution is -2.56. The van der Waals surface area contributed by atoms with Crippen LogP contribution in [0.5, 0.6) is 0 Å². The number of halogens is 1. The Morgan fingerprint density at radius 2 is 1.38 bits per heavy atom. The van der Waals surface area contributed by atoms with E-state index in [0.717, 1.165) is 0 Å². The van der Waals surface area contributed by atoms with Gasteiger partial charge in [-0.25, -0.2) is 0 Å².